The number of fused-ring (bicyclic) bond motifs is 2. The second kappa shape index (κ2) is 6.68. The minimum Gasteiger partial charge on any atom is -0.493 e. The van der Waals surface area contributed by atoms with Crippen LogP contribution in [0.4, 0.5) is 4.39 Å². The van der Waals surface area contributed by atoms with E-state index < -0.39 is 0 Å². The van der Waals surface area contributed by atoms with E-state index in [0.717, 1.165) is 0 Å². The van der Waals surface area contributed by atoms with Gasteiger partial charge in [-0.2, -0.15) is 0 Å². The van der Waals surface area contributed by atoms with E-state index in [2.05, 4.69) is 15.0 Å². The van der Waals surface area contributed by atoms with Crippen LogP contribution in [0.3, 0.4) is 0 Å². The van der Waals surface area contributed by atoms with Gasteiger partial charge in [0.25, 0.3) is 5.56 Å². The lowest BCUT2D eigenvalue weighted by Crippen LogP contribution is -2.13. The Morgan fingerprint density at radius 2 is 1.78 bits per heavy atom. The fraction of sp³-hybridized carbons (Fsp3) is 0.150. The van der Waals surface area contributed by atoms with Crippen molar-refractivity contribution in [3.63, 3.8) is 0 Å². The Balaban J connectivity index is 1.81. The van der Waals surface area contributed by atoms with Gasteiger partial charge in [0.05, 0.1) is 30.6 Å². The van der Waals surface area contributed by atoms with Crippen LogP contribution in [0.15, 0.2) is 47.4 Å². The third kappa shape index (κ3) is 2.97. The van der Waals surface area contributed by atoms with E-state index in [0.29, 0.717) is 44.7 Å². The zero-order chi connectivity index (χ0) is 19.0. The lowest BCUT2D eigenvalue weighted by molar-refractivity contribution is 0.355. The van der Waals surface area contributed by atoms with Crippen molar-refractivity contribution in [2.24, 2.45) is 0 Å². The Morgan fingerprint density at radius 3 is 2.56 bits per heavy atom. The van der Waals surface area contributed by atoms with Crippen molar-refractivity contribution in [3.8, 4) is 11.5 Å². The molecule has 1 N–H and O–H groups in total. The molecule has 0 atom stereocenters. The number of ether oxygens (including phenoxy) is 2. The Morgan fingerprint density at radius 1 is 1.04 bits per heavy atom. The van der Waals surface area contributed by atoms with Gasteiger partial charge in [-0.25, -0.2) is 9.37 Å². The lowest BCUT2D eigenvalue weighted by atomic mass is 10.1. The van der Waals surface area contributed by atoms with Gasteiger partial charge in [-0.1, -0.05) is 12.1 Å². The number of pyridine rings is 1. The molecule has 0 fully saturated rings. The maximum Gasteiger partial charge on any atom is 0.258 e. The van der Waals surface area contributed by atoms with E-state index in [1.165, 1.54) is 20.4 Å². The fourth-order valence-electron chi connectivity index (χ4n) is 3.05. The molecule has 0 aliphatic carbocycles. The summed E-state index contributed by atoms with van der Waals surface area (Å²) in [6, 6.07) is 10.2. The van der Waals surface area contributed by atoms with Gasteiger partial charge in [0.1, 0.15) is 11.6 Å². The highest BCUT2D eigenvalue weighted by molar-refractivity contribution is 5.82. The number of hydrogen-bond donors (Lipinski definition) is 1. The zero-order valence-electron chi connectivity index (χ0n) is 14.7. The van der Waals surface area contributed by atoms with Crippen LogP contribution in [0.5, 0.6) is 11.5 Å². The maximum absolute atomic E-state index is 14.8. The van der Waals surface area contributed by atoms with Gasteiger partial charge in [0.15, 0.2) is 11.5 Å². The minimum absolute atomic E-state index is 0.114. The van der Waals surface area contributed by atoms with Crippen molar-refractivity contribution in [2.45, 2.75) is 6.42 Å². The standard InChI is InChI=1S/C20H16FN3O3/c1-26-16-8-13-15(9-17(16)27-2)23-18(24-20(13)25)7-11-10-22-14-6-4-3-5-12(14)19(11)21/h3-6,8-10H,7H2,1-2H3,(H,23,24,25). The van der Waals surface area contributed by atoms with Gasteiger partial charge in [-0.3, -0.25) is 9.78 Å². The van der Waals surface area contributed by atoms with Crippen LogP contribution < -0.4 is 15.0 Å². The monoisotopic (exact) mass is 365 g/mol. The van der Waals surface area contributed by atoms with Gasteiger partial charge >= 0.3 is 0 Å². The van der Waals surface area contributed by atoms with E-state index in [9.17, 15) is 9.18 Å². The van der Waals surface area contributed by atoms with E-state index in [4.69, 9.17) is 9.47 Å². The SMILES string of the molecule is COc1cc2nc(Cc3cnc4ccccc4c3F)[nH]c(=O)c2cc1OC. The predicted octanol–water partition coefficient (Wildman–Crippen LogP) is 3.22. The molecule has 4 aromatic rings. The Bertz CT molecular complexity index is 1220. The summed E-state index contributed by atoms with van der Waals surface area (Å²) in [7, 11) is 3.00. The average Bonchev–Trinajstić information content (AvgIpc) is 2.69. The first kappa shape index (κ1) is 17.0. The number of benzene rings is 2. The van der Waals surface area contributed by atoms with E-state index in [-0.39, 0.29) is 17.8 Å². The molecule has 0 aliphatic rings. The summed E-state index contributed by atoms with van der Waals surface area (Å²) >= 11 is 0. The lowest BCUT2D eigenvalue weighted by Gasteiger charge is -2.10. The number of methoxy groups -OCH3 is 2. The van der Waals surface area contributed by atoms with Crippen molar-refractivity contribution >= 4 is 21.8 Å². The number of para-hydroxylation sites is 1. The van der Waals surface area contributed by atoms with Gasteiger partial charge in [-0.05, 0) is 18.2 Å². The van der Waals surface area contributed by atoms with Crippen molar-refractivity contribution in [1.29, 1.82) is 0 Å². The summed E-state index contributed by atoms with van der Waals surface area (Å²) < 4.78 is 25.3. The quantitative estimate of drug-likeness (QED) is 0.601. The highest BCUT2D eigenvalue weighted by atomic mass is 19.1. The second-order valence-corrected chi connectivity index (χ2v) is 6.03. The molecule has 0 spiro atoms. The number of halogens is 1. The zero-order valence-corrected chi connectivity index (χ0v) is 14.7. The number of nitrogens with zero attached hydrogens (tertiary/aromatic N) is 2. The smallest absolute Gasteiger partial charge is 0.258 e. The molecule has 0 aliphatic heterocycles. The summed E-state index contributed by atoms with van der Waals surface area (Å²) in [5.74, 6) is 0.883. The van der Waals surface area contributed by atoms with Gasteiger partial charge < -0.3 is 14.5 Å². The molecule has 2 heterocycles. The molecule has 0 saturated carbocycles. The highest BCUT2D eigenvalue weighted by Crippen LogP contribution is 2.30. The number of nitrogens with one attached hydrogen (secondary N) is 1. The highest BCUT2D eigenvalue weighted by Gasteiger charge is 2.14. The summed E-state index contributed by atoms with van der Waals surface area (Å²) in [5, 5.41) is 0.804. The largest absolute Gasteiger partial charge is 0.493 e. The van der Waals surface area contributed by atoms with E-state index in [1.807, 2.05) is 0 Å². The molecule has 27 heavy (non-hydrogen) atoms. The molecule has 7 heteroatoms. The topological polar surface area (TPSA) is 77.1 Å². The summed E-state index contributed by atoms with van der Waals surface area (Å²) in [5.41, 5.74) is 1.05. The molecule has 136 valence electrons. The molecular weight excluding hydrogens is 349 g/mol. The predicted molar refractivity (Wildman–Crippen MR) is 100.0 cm³/mol. The van der Waals surface area contributed by atoms with Crippen LogP contribution in [0.25, 0.3) is 21.8 Å². The van der Waals surface area contributed by atoms with Crippen LogP contribution in [0.2, 0.25) is 0 Å². The maximum atomic E-state index is 14.8. The summed E-state index contributed by atoms with van der Waals surface area (Å²) in [6.07, 6.45) is 1.58. The molecule has 4 rings (SSSR count). The molecule has 2 aromatic carbocycles. The van der Waals surface area contributed by atoms with Crippen molar-refractivity contribution < 1.29 is 13.9 Å². The van der Waals surface area contributed by atoms with Crippen LogP contribution in [0, 0.1) is 5.82 Å². The van der Waals surface area contributed by atoms with E-state index in [1.54, 1.807) is 36.4 Å². The second-order valence-electron chi connectivity index (χ2n) is 6.03. The Hall–Kier alpha value is -3.48. The molecule has 2 aromatic heterocycles. The first-order valence-electron chi connectivity index (χ1n) is 8.27. The van der Waals surface area contributed by atoms with Crippen LogP contribution >= 0.6 is 0 Å². The van der Waals surface area contributed by atoms with Gasteiger partial charge in [-0.15, -0.1) is 0 Å². The molecule has 0 saturated heterocycles. The van der Waals surface area contributed by atoms with Crippen LogP contribution in [-0.4, -0.2) is 29.2 Å². The number of aromatic nitrogens is 3. The normalized spacial score (nSPS) is 11.1. The molecule has 6 nitrogen and oxygen atoms in total. The van der Waals surface area contributed by atoms with E-state index >= 15 is 0 Å². The molecule has 0 radical (unpaired) electrons. The van der Waals surface area contributed by atoms with Gasteiger partial charge in [0.2, 0.25) is 0 Å². The Kier molecular flexibility index (Phi) is 4.19. The fourth-order valence-corrected chi connectivity index (χ4v) is 3.05. The number of aromatic amines is 1. The number of hydrogen-bond acceptors (Lipinski definition) is 5. The Labute approximate surface area is 153 Å². The molecule has 0 unspecified atom stereocenters. The van der Waals surface area contributed by atoms with Gasteiger partial charge in [0, 0.05) is 29.6 Å². The first-order valence-corrected chi connectivity index (χ1v) is 8.27. The van der Waals surface area contributed by atoms with Crippen LogP contribution in [-0.2, 0) is 6.42 Å². The number of H-pyrrole nitrogens is 1. The average molecular weight is 365 g/mol. The summed E-state index contributed by atoms with van der Waals surface area (Å²) in [6.45, 7) is 0. The molecule has 0 amide bonds. The first-order chi connectivity index (χ1) is 13.1. The van der Waals surface area contributed by atoms with Crippen molar-refractivity contribution in [3.05, 3.63) is 70.2 Å². The molecule has 0 bridgehead atoms. The minimum atomic E-state index is -0.365. The molecular formula is C20H16FN3O3. The third-order valence-corrected chi connectivity index (χ3v) is 4.40. The van der Waals surface area contributed by atoms with Crippen molar-refractivity contribution in [2.75, 3.05) is 14.2 Å². The third-order valence-electron chi connectivity index (χ3n) is 4.40. The summed E-state index contributed by atoms with van der Waals surface area (Å²) in [4.78, 5) is 23.9. The van der Waals surface area contributed by atoms with Crippen molar-refractivity contribution in [1.82, 2.24) is 15.0 Å². The number of rotatable bonds is 4. The van der Waals surface area contributed by atoms with Crippen LogP contribution in [0.1, 0.15) is 11.4 Å².